The number of benzene rings is 2. The summed E-state index contributed by atoms with van der Waals surface area (Å²) in [6.07, 6.45) is 5.92. The zero-order valence-electron chi connectivity index (χ0n) is 18.4. The summed E-state index contributed by atoms with van der Waals surface area (Å²) in [5.41, 5.74) is 4.11. The largest absolute Gasteiger partial charge is 0.494 e. The highest BCUT2D eigenvalue weighted by Crippen LogP contribution is 2.24. The average Bonchev–Trinajstić information content (AvgIpc) is 3.37. The number of amides is 1. The van der Waals surface area contributed by atoms with Crippen LogP contribution in [-0.2, 0) is 6.61 Å². The van der Waals surface area contributed by atoms with E-state index in [-0.39, 0.29) is 12.3 Å². The first kappa shape index (κ1) is 23.0. The van der Waals surface area contributed by atoms with Gasteiger partial charge in [0.15, 0.2) is 0 Å². The normalized spacial score (nSPS) is 10.8. The highest BCUT2D eigenvalue weighted by Gasteiger charge is 2.13. The molecular formula is C23H19N7O5. The number of nitro benzene ring substituents is 1. The molecule has 4 aromatic rings. The summed E-state index contributed by atoms with van der Waals surface area (Å²) in [7, 11) is 1.57. The van der Waals surface area contributed by atoms with Crippen molar-refractivity contribution in [1.29, 1.82) is 0 Å². The van der Waals surface area contributed by atoms with Crippen molar-refractivity contribution >= 4 is 17.8 Å². The lowest BCUT2D eigenvalue weighted by atomic mass is 10.2. The molecule has 2 aromatic heterocycles. The van der Waals surface area contributed by atoms with Crippen molar-refractivity contribution in [2.75, 3.05) is 7.11 Å². The molecule has 0 bridgehead atoms. The number of hydrogen-bond acceptors (Lipinski definition) is 9. The van der Waals surface area contributed by atoms with E-state index in [2.05, 4.69) is 25.8 Å². The molecule has 0 aliphatic carbocycles. The molecule has 0 saturated carbocycles. The van der Waals surface area contributed by atoms with Crippen LogP contribution in [0.3, 0.4) is 0 Å². The molecule has 1 N–H and O–H groups in total. The minimum absolute atomic E-state index is 0.0389. The van der Waals surface area contributed by atoms with Crippen LogP contribution in [0, 0.1) is 10.1 Å². The zero-order valence-corrected chi connectivity index (χ0v) is 18.4. The molecule has 12 nitrogen and oxygen atoms in total. The van der Waals surface area contributed by atoms with Crippen LogP contribution in [0.2, 0.25) is 0 Å². The number of methoxy groups -OCH3 is 1. The molecular weight excluding hydrogens is 454 g/mol. The van der Waals surface area contributed by atoms with Gasteiger partial charge in [-0.1, -0.05) is 17.3 Å². The van der Waals surface area contributed by atoms with Gasteiger partial charge in [0.05, 0.1) is 24.4 Å². The van der Waals surface area contributed by atoms with E-state index in [0.717, 1.165) is 0 Å². The van der Waals surface area contributed by atoms with Crippen molar-refractivity contribution in [3.05, 3.63) is 100 Å². The number of nitrogens with zero attached hydrogens (tertiary/aromatic N) is 6. The fourth-order valence-corrected chi connectivity index (χ4v) is 3.06. The Labute approximate surface area is 199 Å². The van der Waals surface area contributed by atoms with Crippen LogP contribution < -0.4 is 14.9 Å². The smallest absolute Gasteiger partial charge is 0.271 e. The Morgan fingerprint density at radius 3 is 2.74 bits per heavy atom. The van der Waals surface area contributed by atoms with Crippen LogP contribution in [0.4, 0.5) is 5.69 Å². The van der Waals surface area contributed by atoms with E-state index in [4.69, 9.17) is 9.47 Å². The van der Waals surface area contributed by atoms with Crippen molar-refractivity contribution in [3.63, 3.8) is 0 Å². The minimum Gasteiger partial charge on any atom is -0.494 e. The van der Waals surface area contributed by atoms with Gasteiger partial charge in [-0.05, 0) is 30.3 Å². The predicted molar refractivity (Wildman–Crippen MR) is 125 cm³/mol. The van der Waals surface area contributed by atoms with Gasteiger partial charge in [-0.3, -0.25) is 19.9 Å². The third-order valence-electron chi connectivity index (χ3n) is 4.76. The number of aromatic nitrogens is 4. The van der Waals surface area contributed by atoms with Gasteiger partial charge in [0.25, 0.3) is 11.6 Å². The highest BCUT2D eigenvalue weighted by atomic mass is 16.6. The summed E-state index contributed by atoms with van der Waals surface area (Å²) in [6.45, 7) is 0.0389. The summed E-state index contributed by atoms with van der Waals surface area (Å²) in [6, 6.07) is 14.5. The van der Waals surface area contributed by atoms with Gasteiger partial charge in [-0.15, -0.1) is 5.10 Å². The van der Waals surface area contributed by atoms with Gasteiger partial charge in [0.1, 0.15) is 29.5 Å². The van der Waals surface area contributed by atoms with Crippen molar-refractivity contribution in [1.82, 2.24) is 25.4 Å². The maximum Gasteiger partial charge on any atom is 0.271 e. The van der Waals surface area contributed by atoms with Gasteiger partial charge in [-0.2, -0.15) is 5.10 Å². The molecule has 0 radical (unpaired) electrons. The molecule has 12 heteroatoms. The number of hydrazone groups is 1. The second kappa shape index (κ2) is 10.7. The van der Waals surface area contributed by atoms with Crippen LogP contribution in [0.5, 0.6) is 11.5 Å². The molecule has 1 amide bonds. The van der Waals surface area contributed by atoms with Crippen LogP contribution in [0.15, 0.2) is 78.3 Å². The van der Waals surface area contributed by atoms with Crippen molar-refractivity contribution in [2.24, 2.45) is 5.10 Å². The highest BCUT2D eigenvalue weighted by molar-refractivity contribution is 5.95. The summed E-state index contributed by atoms with van der Waals surface area (Å²) in [4.78, 5) is 26.7. The van der Waals surface area contributed by atoms with E-state index in [1.807, 2.05) is 24.3 Å². The summed E-state index contributed by atoms with van der Waals surface area (Å²) in [5.74, 6) is 0.487. The third-order valence-corrected chi connectivity index (χ3v) is 4.76. The molecule has 35 heavy (non-hydrogen) atoms. The molecule has 0 atom stereocenters. The molecule has 4 rings (SSSR count). The SMILES string of the molecule is COc1ccccc1-n1cc(COc2ccc([N+](=O)[O-])cc2/C=N/NC(=O)c2ccncc2)nn1. The maximum absolute atomic E-state index is 12.2. The fraction of sp³-hybridized carbons (Fsp3) is 0.0870. The van der Waals surface area contributed by atoms with E-state index in [1.165, 1.54) is 48.9 Å². The number of carbonyl (C=O) groups excluding carboxylic acids is 1. The Kier molecular flexibility index (Phi) is 7.02. The first-order valence-corrected chi connectivity index (χ1v) is 10.2. The quantitative estimate of drug-likeness (QED) is 0.222. The minimum atomic E-state index is -0.532. The molecule has 0 saturated heterocycles. The second-order valence-corrected chi connectivity index (χ2v) is 7.03. The number of rotatable bonds is 9. The van der Waals surface area contributed by atoms with E-state index in [9.17, 15) is 14.9 Å². The number of carbonyl (C=O) groups is 1. The standard InChI is InChI=1S/C23H19N7O5/c1-34-22-5-3-2-4-20(22)29-14-18(26-28-29)15-35-21-7-6-19(30(32)33)12-17(21)13-25-27-23(31)16-8-10-24-11-9-16/h2-14H,15H2,1H3,(H,27,31)/b25-13+. The predicted octanol–water partition coefficient (Wildman–Crippen LogP) is 2.92. The lowest BCUT2D eigenvalue weighted by Gasteiger charge is -2.08. The van der Waals surface area contributed by atoms with Crippen LogP contribution >= 0.6 is 0 Å². The van der Waals surface area contributed by atoms with Gasteiger partial charge in [0.2, 0.25) is 0 Å². The van der Waals surface area contributed by atoms with Crippen molar-refractivity contribution in [3.8, 4) is 17.2 Å². The topological polar surface area (TPSA) is 147 Å². The fourth-order valence-electron chi connectivity index (χ4n) is 3.06. The van der Waals surface area contributed by atoms with Gasteiger partial charge in [0, 0.05) is 35.7 Å². The number of nitrogens with one attached hydrogen (secondary N) is 1. The zero-order chi connectivity index (χ0) is 24.6. The van der Waals surface area contributed by atoms with Gasteiger partial charge >= 0.3 is 0 Å². The summed E-state index contributed by atoms with van der Waals surface area (Å²) >= 11 is 0. The van der Waals surface area contributed by atoms with Crippen LogP contribution in [-0.4, -0.2) is 44.1 Å². The van der Waals surface area contributed by atoms with Crippen LogP contribution in [0.1, 0.15) is 21.6 Å². The molecule has 0 fully saturated rings. The Balaban J connectivity index is 1.49. The summed E-state index contributed by atoms with van der Waals surface area (Å²) in [5, 5.41) is 23.3. The van der Waals surface area contributed by atoms with Crippen molar-refractivity contribution < 1.29 is 19.2 Å². The Morgan fingerprint density at radius 1 is 1.17 bits per heavy atom. The molecule has 2 heterocycles. The number of pyridine rings is 1. The monoisotopic (exact) mass is 473 g/mol. The number of para-hydroxylation sites is 2. The Morgan fingerprint density at radius 2 is 1.97 bits per heavy atom. The lowest BCUT2D eigenvalue weighted by molar-refractivity contribution is -0.384. The lowest BCUT2D eigenvalue weighted by Crippen LogP contribution is -2.17. The van der Waals surface area contributed by atoms with Crippen LogP contribution in [0.25, 0.3) is 5.69 Å². The average molecular weight is 473 g/mol. The number of hydrogen-bond donors (Lipinski definition) is 1. The number of non-ortho nitro benzene ring substituents is 1. The van der Waals surface area contributed by atoms with E-state index in [1.54, 1.807) is 18.0 Å². The van der Waals surface area contributed by atoms with Gasteiger partial charge in [-0.25, -0.2) is 10.1 Å². The Hall–Kier alpha value is -5.13. The molecule has 0 aliphatic rings. The maximum atomic E-state index is 12.2. The van der Waals surface area contributed by atoms with E-state index >= 15 is 0 Å². The molecule has 0 spiro atoms. The molecule has 176 valence electrons. The molecule has 0 unspecified atom stereocenters. The first-order valence-electron chi connectivity index (χ1n) is 10.2. The number of ether oxygens (including phenoxy) is 2. The van der Waals surface area contributed by atoms with E-state index < -0.39 is 10.8 Å². The summed E-state index contributed by atoms with van der Waals surface area (Å²) < 4.78 is 12.7. The van der Waals surface area contributed by atoms with Gasteiger partial charge < -0.3 is 9.47 Å². The van der Waals surface area contributed by atoms with E-state index in [0.29, 0.717) is 34.0 Å². The molecule has 2 aromatic carbocycles. The third kappa shape index (κ3) is 5.63. The Bertz CT molecular complexity index is 1370. The second-order valence-electron chi connectivity index (χ2n) is 7.03. The first-order chi connectivity index (χ1) is 17.0. The van der Waals surface area contributed by atoms with Crippen molar-refractivity contribution in [2.45, 2.75) is 6.61 Å². The number of nitro groups is 1. The molecule has 0 aliphatic heterocycles.